The van der Waals surface area contributed by atoms with Crippen LogP contribution >= 0.6 is 0 Å². The maximum Gasteiger partial charge on any atom is 0.387 e. The first kappa shape index (κ1) is 18.6. The Balaban J connectivity index is 0.000000829. The fraction of sp³-hybridized carbons (Fsp3) is 0.529. The lowest BCUT2D eigenvalue weighted by Gasteiger charge is -2.09. The number of alkyl halides is 2. The fourth-order valence-corrected chi connectivity index (χ4v) is 2.17. The molecule has 0 aliphatic heterocycles. The standard InChI is InChI=1S/C13H14F2O.2C2H6/c1-8(2)10-6-9-4-3-5-12(11(9)7-10)16-13(14)15;2*1-2/h3-5,10,13H,1,6-7H2,2H3;2*1-2H3. The maximum absolute atomic E-state index is 12.2. The van der Waals surface area contributed by atoms with Crippen LogP contribution < -0.4 is 4.74 Å². The third kappa shape index (κ3) is 4.95. The molecule has 0 saturated carbocycles. The molecule has 0 saturated heterocycles. The zero-order valence-electron chi connectivity index (χ0n) is 13.2. The number of rotatable bonds is 3. The summed E-state index contributed by atoms with van der Waals surface area (Å²) in [7, 11) is 0. The highest BCUT2D eigenvalue weighted by Gasteiger charge is 2.25. The van der Waals surface area contributed by atoms with E-state index in [-0.39, 0.29) is 0 Å². The van der Waals surface area contributed by atoms with Gasteiger partial charge in [-0.3, -0.25) is 0 Å². The van der Waals surface area contributed by atoms with Crippen LogP contribution in [0, 0.1) is 5.92 Å². The molecule has 2 rings (SSSR count). The first-order valence-electron chi connectivity index (χ1n) is 7.29. The van der Waals surface area contributed by atoms with Gasteiger partial charge in [0, 0.05) is 0 Å². The molecule has 0 bridgehead atoms. The van der Waals surface area contributed by atoms with Crippen molar-refractivity contribution in [3.05, 3.63) is 41.5 Å². The second kappa shape index (κ2) is 9.51. The monoisotopic (exact) mass is 284 g/mol. The molecule has 114 valence electrons. The van der Waals surface area contributed by atoms with Crippen LogP contribution in [-0.2, 0) is 12.8 Å². The zero-order chi connectivity index (χ0) is 15.7. The van der Waals surface area contributed by atoms with E-state index in [9.17, 15) is 8.78 Å². The predicted molar refractivity (Wildman–Crippen MR) is 81.5 cm³/mol. The molecule has 1 unspecified atom stereocenters. The molecule has 1 aromatic rings. The van der Waals surface area contributed by atoms with E-state index in [4.69, 9.17) is 0 Å². The first-order valence-corrected chi connectivity index (χ1v) is 7.29. The van der Waals surface area contributed by atoms with E-state index in [1.54, 1.807) is 12.1 Å². The largest absolute Gasteiger partial charge is 0.435 e. The Bertz CT molecular complexity index is 413. The molecule has 0 spiro atoms. The minimum Gasteiger partial charge on any atom is -0.435 e. The molecular formula is C17H26F2O. The molecule has 0 fully saturated rings. The van der Waals surface area contributed by atoms with Crippen molar-refractivity contribution in [1.82, 2.24) is 0 Å². The van der Waals surface area contributed by atoms with Gasteiger partial charge < -0.3 is 4.74 Å². The zero-order valence-corrected chi connectivity index (χ0v) is 13.2. The highest BCUT2D eigenvalue weighted by molar-refractivity contribution is 5.45. The molecule has 1 aliphatic rings. The van der Waals surface area contributed by atoms with Gasteiger partial charge in [-0.2, -0.15) is 8.78 Å². The molecule has 1 aliphatic carbocycles. The third-order valence-corrected chi connectivity index (χ3v) is 3.06. The van der Waals surface area contributed by atoms with Gasteiger partial charge in [0.05, 0.1) is 0 Å². The summed E-state index contributed by atoms with van der Waals surface area (Å²) in [5.41, 5.74) is 3.11. The quantitative estimate of drug-likeness (QED) is 0.653. The average Bonchev–Trinajstić information content (AvgIpc) is 2.88. The molecule has 20 heavy (non-hydrogen) atoms. The Morgan fingerprint density at radius 3 is 2.30 bits per heavy atom. The number of fused-ring (bicyclic) bond motifs is 1. The van der Waals surface area contributed by atoms with Crippen LogP contribution in [-0.4, -0.2) is 6.61 Å². The van der Waals surface area contributed by atoms with Crippen molar-refractivity contribution in [3.63, 3.8) is 0 Å². The van der Waals surface area contributed by atoms with E-state index in [1.807, 2.05) is 40.7 Å². The Hall–Kier alpha value is -1.38. The van der Waals surface area contributed by atoms with E-state index in [1.165, 1.54) is 0 Å². The second-order valence-corrected chi connectivity index (χ2v) is 4.22. The van der Waals surface area contributed by atoms with Crippen molar-refractivity contribution in [3.8, 4) is 5.75 Å². The van der Waals surface area contributed by atoms with E-state index in [0.29, 0.717) is 11.7 Å². The SMILES string of the molecule is C=C(C)C1Cc2cccc(OC(F)F)c2C1.CC.CC. The number of benzene rings is 1. The van der Waals surface area contributed by atoms with Crippen LogP contribution in [0.15, 0.2) is 30.4 Å². The third-order valence-electron chi connectivity index (χ3n) is 3.06. The summed E-state index contributed by atoms with van der Waals surface area (Å²) >= 11 is 0. The predicted octanol–water partition coefficient (Wildman–Crippen LogP) is 5.63. The van der Waals surface area contributed by atoms with Crippen molar-refractivity contribution in [2.24, 2.45) is 5.92 Å². The molecule has 0 radical (unpaired) electrons. The van der Waals surface area contributed by atoms with Gasteiger partial charge in [0.2, 0.25) is 0 Å². The molecule has 1 aromatic carbocycles. The lowest BCUT2D eigenvalue weighted by molar-refractivity contribution is -0.0504. The van der Waals surface area contributed by atoms with Crippen LogP contribution in [0.1, 0.15) is 45.7 Å². The summed E-state index contributed by atoms with van der Waals surface area (Å²) in [6.07, 6.45) is 1.64. The molecule has 1 atom stereocenters. The summed E-state index contributed by atoms with van der Waals surface area (Å²) in [4.78, 5) is 0. The highest BCUT2D eigenvalue weighted by Crippen LogP contribution is 2.36. The van der Waals surface area contributed by atoms with Crippen molar-refractivity contribution >= 4 is 0 Å². The van der Waals surface area contributed by atoms with Crippen molar-refractivity contribution in [2.45, 2.75) is 54.1 Å². The maximum atomic E-state index is 12.2. The summed E-state index contributed by atoms with van der Waals surface area (Å²) in [6, 6.07) is 5.33. The topological polar surface area (TPSA) is 9.23 Å². The van der Waals surface area contributed by atoms with E-state index < -0.39 is 6.61 Å². The molecular weight excluding hydrogens is 258 g/mol. The van der Waals surface area contributed by atoms with Crippen LogP contribution in [0.4, 0.5) is 8.78 Å². The Morgan fingerprint density at radius 1 is 1.20 bits per heavy atom. The minimum atomic E-state index is -2.75. The first-order chi connectivity index (χ1) is 9.58. The second-order valence-electron chi connectivity index (χ2n) is 4.22. The summed E-state index contributed by atoms with van der Waals surface area (Å²) in [6.45, 7) is 11.1. The van der Waals surface area contributed by atoms with Gasteiger partial charge in [0.15, 0.2) is 0 Å². The van der Waals surface area contributed by atoms with Crippen LogP contribution in [0.3, 0.4) is 0 Å². The van der Waals surface area contributed by atoms with Gasteiger partial charge >= 0.3 is 6.61 Å². The number of ether oxygens (including phenoxy) is 1. The van der Waals surface area contributed by atoms with E-state index in [0.717, 1.165) is 29.5 Å². The number of hydrogen-bond acceptors (Lipinski definition) is 1. The lowest BCUT2D eigenvalue weighted by Crippen LogP contribution is -2.04. The van der Waals surface area contributed by atoms with Crippen LogP contribution in [0.2, 0.25) is 0 Å². The summed E-state index contributed by atoms with van der Waals surface area (Å²) < 4.78 is 28.9. The Morgan fingerprint density at radius 2 is 1.80 bits per heavy atom. The van der Waals surface area contributed by atoms with Gasteiger partial charge in [-0.25, -0.2) is 0 Å². The van der Waals surface area contributed by atoms with Crippen molar-refractivity contribution < 1.29 is 13.5 Å². The van der Waals surface area contributed by atoms with Crippen LogP contribution in [0.25, 0.3) is 0 Å². The molecule has 0 N–H and O–H groups in total. The molecule has 1 nitrogen and oxygen atoms in total. The van der Waals surface area contributed by atoms with E-state index in [2.05, 4.69) is 11.3 Å². The van der Waals surface area contributed by atoms with Crippen molar-refractivity contribution in [1.29, 1.82) is 0 Å². The molecule has 0 aromatic heterocycles. The highest BCUT2D eigenvalue weighted by atomic mass is 19.3. The average molecular weight is 284 g/mol. The van der Waals surface area contributed by atoms with Gasteiger partial charge in [-0.1, -0.05) is 52.0 Å². The fourth-order valence-electron chi connectivity index (χ4n) is 2.17. The minimum absolute atomic E-state index is 0.316. The smallest absolute Gasteiger partial charge is 0.387 e. The molecule has 3 heteroatoms. The molecule has 0 amide bonds. The lowest BCUT2D eigenvalue weighted by atomic mass is 9.99. The number of halogens is 2. The van der Waals surface area contributed by atoms with Crippen LogP contribution in [0.5, 0.6) is 5.75 Å². The van der Waals surface area contributed by atoms with Gasteiger partial charge in [0.25, 0.3) is 0 Å². The summed E-state index contributed by atoms with van der Waals surface area (Å²) in [5.74, 6) is 0.675. The van der Waals surface area contributed by atoms with Gasteiger partial charge in [-0.05, 0) is 42.9 Å². The normalized spacial score (nSPS) is 15.5. The van der Waals surface area contributed by atoms with Crippen molar-refractivity contribution in [2.75, 3.05) is 0 Å². The van der Waals surface area contributed by atoms with Gasteiger partial charge in [0.1, 0.15) is 5.75 Å². The Labute approximate surface area is 121 Å². The number of allylic oxidation sites excluding steroid dienone is 1. The Kier molecular flexibility index (Phi) is 8.86. The summed E-state index contributed by atoms with van der Waals surface area (Å²) in [5, 5.41) is 0. The van der Waals surface area contributed by atoms with E-state index >= 15 is 0 Å². The number of hydrogen-bond donors (Lipinski definition) is 0. The molecule has 0 heterocycles. The van der Waals surface area contributed by atoms with Gasteiger partial charge in [-0.15, -0.1) is 0 Å².